The fraction of sp³-hybridized carbons (Fsp3) is 0.385. The molecule has 0 saturated carbocycles. The maximum atomic E-state index is 12.2. The van der Waals surface area contributed by atoms with Crippen LogP contribution in [0.1, 0.15) is 29.3 Å². The standard InChI is InChI=1S/C13H14BrNO2/c1-8-5-12(16)15(7-8)13(17)10-4-3-9(2)11(14)6-10/h3-4,6,8H,5,7H2,1-2H3. The molecule has 17 heavy (non-hydrogen) atoms. The average Bonchev–Trinajstić information content (AvgIpc) is 2.61. The van der Waals surface area contributed by atoms with E-state index in [0.717, 1.165) is 10.0 Å². The topological polar surface area (TPSA) is 37.4 Å². The van der Waals surface area contributed by atoms with Gasteiger partial charge in [-0.15, -0.1) is 0 Å². The number of hydrogen-bond donors (Lipinski definition) is 0. The molecule has 1 unspecified atom stereocenters. The second kappa shape index (κ2) is 4.61. The lowest BCUT2D eigenvalue weighted by atomic mass is 10.1. The lowest BCUT2D eigenvalue weighted by Crippen LogP contribution is -2.32. The summed E-state index contributed by atoms with van der Waals surface area (Å²) in [6.45, 7) is 4.47. The molecular weight excluding hydrogens is 282 g/mol. The van der Waals surface area contributed by atoms with E-state index in [0.29, 0.717) is 18.5 Å². The van der Waals surface area contributed by atoms with E-state index in [-0.39, 0.29) is 17.7 Å². The summed E-state index contributed by atoms with van der Waals surface area (Å²) in [5, 5.41) is 0. The van der Waals surface area contributed by atoms with Crippen LogP contribution in [0.4, 0.5) is 0 Å². The summed E-state index contributed by atoms with van der Waals surface area (Å²) in [5.74, 6) is -0.000383. The number of hydrogen-bond acceptors (Lipinski definition) is 2. The molecule has 1 aliphatic rings. The van der Waals surface area contributed by atoms with Crippen molar-refractivity contribution in [2.75, 3.05) is 6.54 Å². The SMILES string of the molecule is Cc1ccc(C(=O)N2CC(C)CC2=O)cc1Br. The predicted octanol–water partition coefficient (Wildman–Crippen LogP) is 2.77. The second-order valence-electron chi connectivity index (χ2n) is 4.58. The number of benzene rings is 1. The quantitative estimate of drug-likeness (QED) is 0.747. The van der Waals surface area contributed by atoms with Crippen molar-refractivity contribution in [1.29, 1.82) is 0 Å². The molecule has 0 spiro atoms. The molecular formula is C13H14BrNO2. The Labute approximate surface area is 109 Å². The van der Waals surface area contributed by atoms with Gasteiger partial charge in [0, 0.05) is 23.0 Å². The van der Waals surface area contributed by atoms with Crippen molar-refractivity contribution < 1.29 is 9.59 Å². The first-order chi connectivity index (χ1) is 7.99. The molecule has 4 heteroatoms. The first kappa shape index (κ1) is 12.3. The maximum absolute atomic E-state index is 12.2. The Kier molecular flexibility index (Phi) is 3.33. The van der Waals surface area contributed by atoms with Crippen LogP contribution in [0.15, 0.2) is 22.7 Å². The van der Waals surface area contributed by atoms with E-state index in [9.17, 15) is 9.59 Å². The summed E-state index contributed by atoms with van der Waals surface area (Å²) in [7, 11) is 0. The third-order valence-corrected chi connectivity index (χ3v) is 3.84. The molecule has 0 bridgehead atoms. The van der Waals surface area contributed by atoms with Crippen LogP contribution in [0.5, 0.6) is 0 Å². The lowest BCUT2D eigenvalue weighted by Gasteiger charge is -2.14. The molecule has 2 rings (SSSR count). The van der Waals surface area contributed by atoms with E-state index in [1.165, 1.54) is 4.90 Å². The largest absolute Gasteiger partial charge is 0.278 e. The van der Waals surface area contributed by atoms with Gasteiger partial charge in [0.15, 0.2) is 0 Å². The normalized spacial score (nSPS) is 19.8. The third kappa shape index (κ3) is 2.41. The van der Waals surface area contributed by atoms with Crippen LogP contribution >= 0.6 is 15.9 Å². The van der Waals surface area contributed by atoms with E-state index in [2.05, 4.69) is 15.9 Å². The van der Waals surface area contributed by atoms with E-state index < -0.39 is 0 Å². The number of nitrogens with zero attached hydrogens (tertiary/aromatic N) is 1. The smallest absolute Gasteiger partial charge is 0.260 e. The maximum Gasteiger partial charge on any atom is 0.260 e. The summed E-state index contributed by atoms with van der Waals surface area (Å²) >= 11 is 3.39. The number of carbonyl (C=O) groups excluding carboxylic acids is 2. The van der Waals surface area contributed by atoms with Gasteiger partial charge < -0.3 is 0 Å². The molecule has 0 aromatic heterocycles. The molecule has 1 atom stereocenters. The van der Waals surface area contributed by atoms with E-state index in [4.69, 9.17) is 0 Å². The monoisotopic (exact) mass is 295 g/mol. The average molecular weight is 296 g/mol. The fourth-order valence-corrected chi connectivity index (χ4v) is 2.34. The Morgan fingerprint density at radius 1 is 1.47 bits per heavy atom. The minimum Gasteiger partial charge on any atom is -0.278 e. The van der Waals surface area contributed by atoms with Gasteiger partial charge in [0.25, 0.3) is 5.91 Å². The van der Waals surface area contributed by atoms with Gasteiger partial charge in [-0.3, -0.25) is 14.5 Å². The number of amides is 2. The zero-order valence-electron chi connectivity index (χ0n) is 9.87. The summed E-state index contributed by atoms with van der Waals surface area (Å²) < 4.78 is 0.892. The van der Waals surface area contributed by atoms with Crippen molar-refractivity contribution in [1.82, 2.24) is 4.90 Å². The Hall–Kier alpha value is -1.16. The van der Waals surface area contributed by atoms with Crippen molar-refractivity contribution in [3.8, 4) is 0 Å². The second-order valence-corrected chi connectivity index (χ2v) is 5.44. The Bertz CT molecular complexity index is 484. The van der Waals surface area contributed by atoms with Crippen molar-refractivity contribution in [3.05, 3.63) is 33.8 Å². The highest BCUT2D eigenvalue weighted by atomic mass is 79.9. The van der Waals surface area contributed by atoms with Crippen molar-refractivity contribution in [3.63, 3.8) is 0 Å². The van der Waals surface area contributed by atoms with Gasteiger partial charge in [0.2, 0.25) is 5.91 Å². The van der Waals surface area contributed by atoms with Crippen molar-refractivity contribution >= 4 is 27.7 Å². The van der Waals surface area contributed by atoms with E-state index >= 15 is 0 Å². The summed E-state index contributed by atoms with van der Waals surface area (Å²) in [4.78, 5) is 25.1. The molecule has 0 radical (unpaired) electrons. The molecule has 2 amide bonds. The van der Waals surface area contributed by atoms with Gasteiger partial charge in [-0.05, 0) is 30.5 Å². The van der Waals surface area contributed by atoms with Gasteiger partial charge in [-0.25, -0.2) is 0 Å². The first-order valence-corrected chi connectivity index (χ1v) is 6.39. The Morgan fingerprint density at radius 2 is 2.18 bits per heavy atom. The highest BCUT2D eigenvalue weighted by Gasteiger charge is 2.31. The van der Waals surface area contributed by atoms with Crippen molar-refractivity contribution in [2.45, 2.75) is 20.3 Å². The zero-order valence-corrected chi connectivity index (χ0v) is 11.5. The van der Waals surface area contributed by atoms with Crippen molar-refractivity contribution in [2.24, 2.45) is 5.92 Å². The van der Waals surface area contributed by atoms with Crippen LogP contribution in [0.3, 0.4) is 0 Å². The first-order valence-electron chi connectivity index (χ1n) is 5.60. The summed E-state index contributed by atoms with van der Waals surface area (Å²) in [5.41, 5.74) is 1.63. The van der Waals surface area contributed by atoms with Gasteiger partial charge in [-0.2, -0.15) is 0 Å². The lowest BCUT2D eigenvalue weighted by molar-refractivity contribution is -0.125. The molecule has 0 aliphatic carbocycles. The van der Waals surface area contributed by atoms with Crippen LogP contribution in [-0.4, -0.2) is 23.3 Å². The van der Waals surface area contributed by atoms with Gasteiger partial charge in [0.1, 0.15) is 0 Å². The van der Waals surface area contributed by atoms with Crippen LogP contribution in [0.2, 0.25) is 0 Å². The van der Waals surface area contributed by atoms with Gasteiger partial charge in [-0.1, -0.05) is 28.9 Å². The van der Waals surface area contributed by atoms with Crippen LogP contribution in [0.25, 0.3) is 0 Å². The molecule has 90 valence electrons. The molecule has 1 aromatic rings. The number of halogens is 1. The Morgan fingerprint density at radius 3 is 2.71 bits per heavy atom. The van der Waals surface area contributed by atoms with Crippen LogP contribution < -0.4 is 0 Å². The van der Waals surface area contributed by atoms with Crippen LogP contribution in [-0.2, 0) is 4.79 Å². The zero-order chi connectivity index (χ0) is 12.6. The molecule has 1 aliphatic heterocycles. The summed E-state index contributed by atoms with van der Waals surface area (Å²) in [6, 6.07) is 5.41. The summed E-state index contributed by atoms with van der Waals surface area (Å²) in [6.07, 6.45) is 0.471. The molecule has 3 nitrogen and oxygen atoms in total. The highest BCUT2D eigenvalue weighted by Crippen LogP contribution is 2.22. The molecule has 0 N–H and O–H groups in total. The number of rotatable bonds is 1. The third-order valence-electron chi connectivity index (χ3n) is 2.98. The molecule has 1 saturated heterocycles. The minimum absolute atomic E-state index is 0.0702. The highest BCUT2D eigenvalue weighted by molar-refractivity contribution is 9.10. The number of likely N-dealkylation sites (tertiary alicyclic amines) is 1. The number of imide groups is 1. The Balaban J connectivity index is 2.25. The number of carbonyl (C=O) groups is 2. The predicted molar refractivity (Wildman–Crippen MR) is 68.7 cm³/mol. The minimum atomic E-state index is -0.194. The van der Waals surface area contributed by atoms with Crippen LogP contribution in [0, 0.1) is 12.8 Å². The molecule has 1 heterocycles. The fourth-order valence-electron chi connectivity index (χ4n) is 1.96. The molecule has 1 fully saturated rings. The van der Waals surface area contributed by atoms with E-state index in [1.54, 1.807) is 12.1 Å². The van der Waals surface area contributed by atoms with Gasteiger partial charge >= 0.3 is 0 Å². The van der Waals surface area contributed by atoms with E-state index in [1.807, 2.05) is 19.9 Å². The number of aryl methyl sites for hydroxylation is 1. The molecule has 1 aromatic carbocycles. The van der Waals surface area contributed by atoms with Gasteiger partial charge in [0.05, 0.1) is 0 Å².